The predicted molar refractivity (Wildman–Crippen MR) is 127 cm³/mol. The highest BCUT2D eigenvalue weighted by atomic mass is 35.5. The number of amides is 1. The second kappa shape index (κ2) is 8.97. The average molecular weight is 474 g/mol. The standard InChI is InChI=1S/C23H28ClN5O4/c1-23(2,3)33-22(30)25-14-6-8-28(12-14)20-7-9-29-13-17(26-21(29)27-20)15-10-16(24)19(32-5)11-18(15)31-4/h7,9-11,13-14H,6,8,12H2,1-5H3,(H,25,30). The molecule has 10 heteroatoms. The molecule has 0 aliphatic carbocycles. The third kappa shape index (κ3) is 5.08. The largest absolute Gasteiger partial charge is 0.496 e. The SMILES string of the molecule is COc1cc(OC)c(-c2cn3ccc(N4CCC(NC(=O)OC(C)(C)C)C4)nc3n2)cc1Cl. The predicted octanol–water partition coefficient (Wildman–Crippen LogP) is 4.17. The summed E-state index contributed by atoms with van der Waals surface area (Å²) in [6.45, 7) is 6.97. The zero-order valence-electron chi connectivity index (χ0n) is 19.4. The van der Waals surface area contributed by atoms with Crippen LogP contribution in [-0.4, -0.2) is 59.4 Å². The number of nitrogens with zero attached hydrogens (tertiary/aromatic N) is 4. The Hall–Kier alpha value is -3.20. The number of hydrogen-bond acceptors (Lipinski definition) is 7. The minimum Gasteiger partial charge on any atom is -0.496 e. The number of hydrogen-bond donors (Lipinski definition) is 1. The van der Waals surface area contributed by atoms with Crippen LogP contribution in [0.4, 0.5) is 10.6 Å². The van der Waals surface area contributed by atoms with E-state index in [4.69, 9.17) is 30.8 Å². The fourth-order valence-corrected chi connectivity index (χ4v) is 4.03. The van der Waals surface area contributed by atoms with Gasteiger partial charge >= 0.3 is 6.09 Å². The highest BCUT2D eigenvalue weighted by Crippen LogP contribution is 2.38. The molecule has 1 atom stereocenters. The summed E-state index contributed by atoms with van der Waals surface area (Å²) in [7, 11) is 3.15. The van der Waals surface area contributed by atoms with E-state index >= 15 is 0 Å². The van der Waals surface area contributed by atoms with Crippen LogP contribution < -0.4 is 19.7 Å². The normalized spacial score (nSPS) is 16.2. The van der Waals surface area contributed by atoms with Crippen LogP contribution in [0.2, 0.25) is 5.02 Å². The van der Waals surface area contributed by atoms with Crippen LogP contribution >= 0.6 is 11.6 Å². The van der Waals surface area contributed by atoms with Crippen molar-refractivity contribution in [3.8, 4) is 22.8 Å². The number of halogens is 1. The summed E-state index contributed by atoms with van der Waals surface area (Å²) < 4.78 is 18.0. The summed E-state index contributed by atoms with van der Waals surface area (Å²) in [5, 5.41) is 3.41. The van der Waals surface area contributed by atoms with Gasteiger partial charge in [0, 0.05) is 37.1 Å². The molecule has 1 fully saturated rings. The van der Waals surface area contributed by atoms with Gasteiger partial charge in [0.25, 0.3) is 0 Å². The number of benzene rings is 1. The van der Waals surface area contributed by atoms with Crippen molar-refractivity contribution in [3.63, 3.8) is 0 Å². The zero-order valence-corrected chi connectivity index (χ0v) is 20.1. The Bertz CT molecular complexity index is 1170. The number of fused-ring (bicyclic) bond motifs is 1. The molecule has 0 radical (unpaired) electrons. The van der Waals surface area contributed by atoms with Crippen LogP contribution in [-0.2, 0) is 4.74 Å². The minimum atomic E-state index is -0.524. The molecule has 1 unspecified atom stereocenters. The molecule has 0 saturated carbocycles. The Morgan fingerprint density at radius 3 is 2.64 bits per heavy atom. The number of anilines is 1. The van der Waals surface area contributed by atoms with Gasteiger partial charge in [0.15, 0.2) is 0 Å². The summed E-state index contributed by atoms with van der Waals surface area (Å²) >= 11 is 6.33. The molecule has 3 aromatic rings. The summed E-state index contributed by atoms with van der Waals surface area (Å²) in [5.74, 6) is 2.49. The molecule has 1 aliphatic heterocycles. The van der Waals surface area contributed by atoms with Gasteiger partial charge in [-0.15, -0.1) is 0 Å². The first-order valence-corrected chi connectivity index (χ1v) is 11.1. The number of alkyl carbamates (subject to hydrolysis) is 1. The van der Waals surface area contributed by atoms with Gasteiger partial charge in [-0.1, -0.05) is 11.6 Å². The van der Waals surface area contributed by atoms with E-state index in [1.54, 1.807) is 26.4 Å². The van der Waals surface area contributed by atoms with Gasteiger partial charge in [-0.25, -0.2) is 9.78 Å². The van der Waals surface area contributed by atoms with Crippen molar-refractivity contribution in [2.24, 2.45) is 0 Å². The number of imidazole rings is 1. The van der Waals surface area contributed by atoms with E-state index in [1.807, 2.05) is 43.6 Å². The first-order valence-electron chi connectivity index (χ1n) is 10.7. The second-order valence-electron chi connectivity index (χ2n) is 8.88. The maximum atomic E-state index is 12.1. The van der Waals surface area contributed by atoms with E-state index in [1.165, 1.54) is 0 Å². The van der Waals surface area contributed by atoms with Crippen molar-refractivity contribution >= 4 is 29.3 Å². The van der Waals surface area contributed by atoms with Crippen LogP contribution in [0, 0.1) is 0 Å². The molecule has 4 rings (SSSR count). The monoisotopic (exact) mass is 473 g/mol. The van der Waals surface area contributed by atoms with Crippen LogP contribution in [0.5, 0.6) is 11.5 Å². The van der Waals surface area contributed by atoms with Gasteiger partial charge in [0.2, 0.25) is 5.78 Å². The van der Waals surface area contributed by atoms with Crippen LogP contribution in [0.15, 0.2) is 30.6 Å². The lowest BCUT2D eigenvalue weighted by molar-refractivity contribution is 0.0509. The maximum Gasteiger partial charge on any atom is 0.407 e. The summed E-state index contributed by atoms with van der Waals surface area (Å²) in [4.78, 5) is 23.6. The Morgan fingerprint density at radius 1 is 1.18 bits per heavy atom. The van der Waals surface area contributed by atoms with Crippen LogP contribution in [0.3, 0.4) is 0 Å². The van der Waals surface area contributed by atoms with E-state index in [0.717, 1.165) is 24.3 Å². The molecule has 1 saturated heterocycles. The topological polar surface area (TPSA) is 90.2 Å². The van der Waals surface area contributed by atoms with Gasteiger partial charge in [-0.2, -0.15) is 4.98 Å². The molecular formula is C23H28ClN5O4. The minimum absolute atomic E-state index is 0.00103. The highest BCUT2D eigenvalue weighted by molar-refractivity contribution is 6.32. The van der Waals surface area contributed by atoms with E-state index in [-0.39, 0.29) is 6.04 Å². The first-order chi connectivity index (χ1) is 15.7. The zero-order chi connectivity index (χ0) is 23.8. The number of ether oxygens (including phenoxy) is 3. The Balaban J connectivity index is 1.53. The number of nitrogens with one attached hydrogen (secondary N) is 1. The van der Waals surface area contributed by atoms with Gasteiger partial charge < -0.3 is 24.4 Å². The van der Waals surface area contributed by atoms with Crippen molar-refractivity contribution in [1.82, 2.24) is 19.7 Å². The summed E-state index contributed by atoms with van der Waals surface area (Å²) in [5.41, 5.74) is 0.912. The smallest absolute Gasteiger partial charge is 0.407 e. The number of aromatic nitrogens is 3. The molecule has 2 aromatic heterocycles. The van der Waals surface area contributed by atoms with Crippen molar-refractivity contribution < 1.29 is 19.0 Å². The van der Waals surface area contributed by atoms with E-state index < -0.39 is 11.7 Å². The highest BCUT2D eigenvalue weighted by Gasteiger charge is 2.27. The quantitative estimate of drug-likeness (QED) is 0.594. The lowest BCUT2D eigenvalue weighted by atomic mass is 10.1. The molecule has 0 spiro atoms. The lowest BCUT2D eigenvalue weighted by Crippen LogP contribution is -2.40. The van der Waals surface area contributed by atoms with Crippen molar-refractivity contribution in [1.29, 1.82) is 0 Å². The third-order valence-corrected chi connectivity index (χ3v) is 5.59. The third-order valence-electron chi connectivity index (χ3n) is 5.29. The number of carbonyl (C=O) groups excluding carboxylic acids is 1. The lowest BCUT2D eigenvalue weighted by Gasteiger charge is -2.22. The second-order valence-corrected chi connectivity index (χ2v) is 9.29. The fourth-order valence-electron chi connectivity index (χ4n) is 3.79. The number of carbonyl (C=O) groups is 1. The molecule has 176 valence electrons. The fraction of sp³-hybridized carbons (Fsp3) is 0.435. The number of rotatable bonds is 5. The molecule has 1 aliphatic rings. The van der Waals surface area contributed by atoms with Gasteiger partial charge in [0.1, 0.15) is 22.9 Å². The molecule has 0 bridgehead atoms. The van der Waals surface area contributed by atoms with E-state index in [0.29, 0.717) is 34.5 Å². The number of methoxy groups -OCH3 is 2. The maximum absolute atomic E-state index is 12.1. The van der Waals surface area contributed by atoms with Crippen molar-refractivity contribution in [2.45, 2.75) is 38.8 Å². The molecule has 3 heterocycles. The van der Waals surface area contributed by atoms with Crippen LogP contribution in [0.25, 0.3) is 17.0 Å². The molecule has 1 N–H and O–H groups in total. The van der Waals surface area contributed by atoms with E-state index in [9.17, 15) is 4.79 Å². The molecular weight excluding hydrogens is 446 g/mol. The molecule has 33 heavy (non-hydrogen) atoms. The van der Waals surface area contributed by atoms with Gasteiger partial charge in [-0.05, 0) is 39.3 Å². The summed E-state index contributed by atoms with van der Waals surface area (Å²) in [6.07, 6.45) is 4.21. The molecule has 1 aromatic carbocycles. The van der Waals surface area contributed by atoms with Gasteiger partial charge in [0.05, 0.1) is 31.0 Å². The van der Waals surface area contributed by atoms with Crippen molar-refractivity contribution in [3.05, 3.63) is 35.6 Å². The van der Waals surface area contributed by atoms with Crippen molar-refractivity contribution in [2.75, 3.05) is 32.2 Å². The Kier molecular flexibility index (Phi) is 6.25. The summed E-state index contributed by atoms with van der Waals surface area (Å²) in [6, 6.07) is 5.45. The molecule has 1 amide bonds. The first kappa shape index (κ1) is 23.0. The van der Waals surface area contributed by atoms with Crippen LogP contribution in [0.1, 0.15) is 27.2 Å². The Labute approximate surface area is 197 Å². The molecule has 9 nitrogen and oxygen atoms in total. The van der Waals surface area contributed by atoms with E-state index in [2.05, 4.69) is 15.2 Å². The van der Waals surface area contributed by atoms with Gasteiger partial charge in [-0.3, -0.25) is 4.40 Å². The Morgan fingerprint density at radius 2 is 1.94 bits per heavy atom. The average Bonchev–Trinajstić information content (AvgIpc) is 3.38.